The Bertz CT molecular complexity index is 391. The van der Waals surface area contributed by atoms with E-state index in [1.165, 1.54) is 6.33 Å². The molecule has 0 aromatic carbocycles. The van der Waals surface area contributed by atoms with Gasteiger partial charge < -0.3 is 5.73 Å². The van der Waals surface area contributed by atoms with Crippen molar-refractivity contribution in [3.63, 3.8) is 0 Å². The minimum Gasteiger partial charge on any atom is -0.383 e. The van der Waals surface area contributed by atoms with Gasteiger partial charge in [0.2, 0.25) is 0 Å². The molecule has 0 unspecified atom stereocenters. The van der Waals surface area contributed by atoms with Gasteiger partial charge in [0, 0.05) is 11.8 Å². The Hall–Kier alpha value is -1.62. The predicted molar refractivity (Wildman–Crippen MR) is 49.0 cm³/mol. The fourth-order valence-corrected chi connectivity index (χ4v) is 1.28. The lowest BCUT2D eigenvalue weighted by Crippen LogP contribution is -1.95. The average molecular weight is 196 g/mol. The minimum absolute atomic E-state index is 0.328. The average Bonchev–Trinajstić information content (AvgIpc) is 2.57. The minimum atomic E-state index is 0.328. The van der Waals surface area contributed by atoms with Crippen molar-refractivity contribution >= 4 is 17.4 Å². The SMILES string of the molecule is Nc1ncnc(Cl)c1-c1cn[nH]c1. The van der Waals surface area contributed by atoms with E-state index >= 15 is 0 Å². The fraction of sp³-hybridized carbons (Fsp3) is 0. The lowest BCUT2D eigenvalue weighted by atomic mass is 10.2. The molecule has 13 heavy (non-hydrogen) atoms. The van der Waals surface area contributed by atoms with Crippen molar-refractivity contribution in [1.82, 2.24) is 20.2 Å². The number of aromatic nitrogens is 4. The van der Waals surface area contributed by atoms with Crippen LogP contribution >= 0.6 is 11.6 Å². The summed E-state index contributed by atoms with van der Waals surface area (Å²) < 4.78 is 0. The van der Waals surface area contributed by atoms with Crippen LogP contribution in [0, 0.1) is 0 Å². The third-order valence-electron chi connectivity index (χ3n) is 1.62. The molecular formula is C7H6ClN5. The molecule has 0 amide bonds. The Morgan fingerprint density at radius 1 is 1.38 bits per heavy atom. The number of H-pyrrole nitrogens is 1. The second kappa shape index (κ2) is 3.02. The summed E-state index contributed by atoms with van der Waals surface area (Å²) in [5.74, 6) is 0.349. The van der Waals surface area contributed by atoms with Gasteiger partial charge in [0.05, 0.1) is 11.8 Å². The number of hydrogen-bond donors (Lipinski definition) is 2. The van der Waals surface area contributed by atoms with Crippen molar-refractivity contribution in [2.45, 2.75) is 0 Å². The standard InChI is InChI=1S/C7H6ClN5/c8-6-5(4-1-12-13-2-4)7(9)11-3-10-6/h1-3H,(H,12,13)(H2,9,10,11). The van der Waals surface area contributed by atoms with E-state index < -0.39 is 0 Å². The molecule has 0 bridgehead atoms. The van der Waals surface area contributed by atoms with E-state index in [4.69, 9.17) is 17.3 Å². The van der Waals surface area contributed by atoms with Crippen LogP contribution in [0.5, 0.6) is 0 Å². The van der Waals surface area contributed by atoms with Gasteiger partial charge in [-0.25, -0.2) is 9.97 Å². The Morgan fingerprint density at radius 3 is 2.85 bits per heavy atom. The van der Waals surface area contributed by atoms with Gasteiger partial charge in [-0.2, -0.15) is 5.10 Å². The van der Waals surface area contributed by atoms with Gasteiger partial charge in [0.15, 0.2) is 0 Å². The van der Waals surface area contributed by atoms with Crippen LogP contribution in [-0.4, -0.2) is 20.2 Å². The molecule has 6 heteroatoms. The second-order valence-electron chi connectivity index (χ2n) is 2.41. The molecular weight excluding hydrogens is 190 g/mol. The van der Waals surface area contributed by atoms with Crippen molar-refractivity contribution < 1.29 is 0 Å². The lowest BCUT2D eigenvalue weighted by Gasteiger charge is -2.01. The van der Waals surface area contributed by atoms with Crippen LogP contribution in [0.2, 0.25) is 5.15 Å². The highest BCUT2D eigenvalue weighted by molar-refractivity contribution is 6.32. The topological polar surface area (TPSA) is 80.5 Å². The lowest BCUT2D eigenvalue weighted by molar-refractivity contribution is 1.09. The molecule has 0 saturated heterocycles. The highest BCUT2D eigenvalue weighted by atomic mass is 35.5. The molecule has 66 valence electrons. The maximum Gasteiger partial charge on any atom is 0.142 e. The summed E-state index contributed by atoms with van der Waals surface area (Å²) >= 11 is 5.85. The molecule has 0 spiro atoms. The van der Waals surface area contributed by atoms with E-state index in [1.54, 1.807) is 12.4 Å². The van der Waals surface area contributed by atoms with Crippen LogP contribution < -0.4 is 5.73 Å². The first kappa shape index (κ1) is 8.00. The fourth-order valence-electron chi connectivity index (χ4n) is 1.03. The van der Waals surface area contributed by atoms with E-state index in [0.717, 1.165) is 5.56 Å². The summed E-state index contributed by atoms with van der Waals surface area (Å²) in [5, 5.41) is 6.78. The number of nitrogens with one attached hydrogen (secondary N) is 1. The van der Waals surface area contributed by atoms with E-state index in [0.29, 0.717) is 16.5 Å². The zero-order chi connectivity index (χ0) is 9.26. The quantitative estimate of drug-likeness (QED) is 0.668. The van der Waals surface area contributed by atoms with Gasteiger partial charge in [-0.05, 0) is 0 Å². The number of nitrogens with two attached hydrogens (primary N) is 1. The third kappa shape index (κ3) is 1.33. The molecule has 0 saturated carbocycles. The normalized spacial score (nSPS) is 10.2. The number of rotatable bonds is 1. The predicted octanol–water partition coefficient (Wildman–Crippen LogP) is 1.10. The second-order valence-corrected chi connectivity index (χ2v) is 2.77. The van der Waals surface area contributed by atoms with E-state index in [9.17, 15) is 0 Å². The Kier molecular flexibility index (Phi) is 1.86. The van der Waals surface area contributed by atoms with Crippen molar-refractivity contribution in [2.24, 2.45) is 0 Å². The summed E-state index contributed by atoms with van der Waals surface area (Å²) in [7, 11) is 0. The molecule has 3 N–H and O–H groups in total. The highest BCUT2D eigenvalue weighted by Gasteiger charge is 2.09. The van der Waals surface area contributed by atoms with Crippen molar-refractivity contribution in [2.75, 3.05) is 5.73 Å². The van der Waals surface area contributed by atoms with Gasteiger partial charge in [0.25, 0.3) is 0 Å². The number of nitrogen functional groups attached to an aromatic ring is 1. The first-order valence-electron chi connectivity index (χ1n) is 3.54. The zero-order valence-electron chi connectivity index (χ0n) is 6.53. The van der Waals surface area contributed by atoms with Crippen molar-refractivity contribution in [3.8, 4) is 11.1 Å². The molecule has 0 radical (unpaired) electrons. The number of halogens is 1. The smallest absolute Gasteiger partial charge is 0.142 e. The van der Waals surface area contributed by atoms with Gasteiger partial charge in [-0.1, -0.05) is 11.6 Å². The molecule has 0 aliphatic rings. The van der Waals surface area contributed by atoms with Crippen LogP contribution in [-0.2, 0) is 0 Å². The Morgan fingerprint density at radius 2 is 2.23 bits per heavy atom. The Balaban J connectivity index is 2.64. The van der Waals surface area contributed by atoms with E-state index in [1.807, 2.05) is 0 Å². The first-order valence-corrected chi connectivity index (χ1v) is 3.92. The zero-order valence-corrected chi connectivity index (χ0v) is 7.28. The molecule has 2 heterocycles. The van der Waals surface area contributed by atoms with Gasteiger partial charge in [-0.15, -0.1) is 0 Å². The number of hydrogen-bond acceptors (Lipinski definition) is 4. The van der Waals surface area contributed by atoms with Gasteiger partial charge in [-0.3, -0.25) is 5.10 Å². The van der Waals surface area contributed by atoms with Crippen LogP contribution in [0.25, 0.3) is 11.1 Å². The van der Waals surface area contributed by atoms with Crippen LogP contribution in [0.3, 0.4) is 0 Å². The molecule has 0 fully saturated rings. The third-order valence-corrected chi connectivity index (χ3v) is 1.90. The van der Waals surface area contributed by atoms with Crippen molar-refractivity contribution in [3.05, 3.63) is 23.9 Å². The van der Waals surface area contributed by atoms with Gasteiger partial charge in [0.1, 0.15) is 17.3 Å². The van der Waals surface area contributed by atoms with Crippen LogP contribution in [0.4, 0.5) is 5.82 Å². The number of aromatic amines is 1. The van der Waals surface area contributed by atoms with Crippen LogP contribution in [0.1, 0.15) is 0 Å². The summed E-state index contributed by atoms with van der Waals surface area (Å²) in [6.45, 7) is 0. The van der Waals surface area contributed by atoms with E-state index in [-0.39, 0.29) is 0 Å². The number of anilines is 1. The van der Waals surface area contributed by atoms with Gasteiger partial charge >= 0.3 is 0 Å². The first-order chi connectivity index (χ1) is 6.29. The number of nitrogens with zero attached hydrogens (tertiary/aromatic N) is 3. The molecule has 0 atom stereocenters. The summed E-state index contributed by atoms with van der Waals surface area (Å²) in [4.78, 5) is 7.67. The maximum absolute atomic E-state index is 5.85. The Labute approximate surface area is 79.0 Å². The molecule has 5 nitrogen and oxygen atoms in total. The summed E-state index contributed by atoms with van der Waals surface area (Å²) in [6.07, 6.45) is 4.61. The molecule has 2 aromatic heterocycles. The molecule has 2 aromatic rings. The maximum atomic E-state index is 5.85. The van der Waals surface area contributed by atoms with Crippen molar-refractivity contribution in [1.29, 1.82) is 0 Å². The molecule has 2 rings (SSSR count). The molecule has 0 aliphatic carbocycles. The summed E-state index contributed by atoms with van der Waals surface area (Å²) in [5.41, 5.74) is 7.03. The summed E-state index contributed by atoms with van der Waals surface area (Å²) in [6, 6.07) is 0. The van der Waals surface area contributed by atoms with Crippen LogP contribution in [0.15, 0.2) is 18.7 Å². The van der Waals surface area contributed by atoms with E-state index in [2.05, 4.69) is 20.2 Å². The highest BCUT2D eigenvalue weighted by Crippen LogP contribution is 2.28. The molecule has 0 aliphatic heterocycles. The largest absolute Gasteiger partial charge is 0.383 e. The monoisotopic (exact) mass is 195 g/mol.